The Kier molecular flexibility index (Phi) is 6.97. The van der Waals surface area contributed by atoms with Crippen LogP contribution in [0.4, 0.5) is 29.7 Å². The molecule has 0 spiro atoms. The SMILES string of the molecule is NC=CC=Nc1ccc(Cc2cnc(N3CCc4ccc(NC(=O)C(F)(F)F)cc4C3)s2)cc1. The fourth-order valence-electron chi connectivity index (χ4n) is 3.61. The number of allylic oxidation sites excluding steroid dienone is 1. The summed E-state index contributed by atoms with van der Waals surface area (Å²) in [4.78, 5) is 23.3. The number of fused-ring (bicyclic) bond motifs is 1. The number of thiazole rings is 1. The quantitative estimate of drug-likeness (QED) is 0.483. The molecule has 2 heterocycles. The fourth-order valence-corrected chi connectivity index (χ4v) is 4.57. The van der Waals surface area contributed by atoms with E-state index in [-0.39, 0.29) is 5.69 Å². The average molecular weight is 486 g/mol. The third-order valence-corrected chi connectivity index (χ3v) is 6.34. The number of nitrogens with two attached hydrogens (primary N) is 1. The predicted molar refractivity (Wildman–Crippen MR) is 129 cm³/mol. The highest BCUT2D eigenvalue weighted by atomic mass is 32.1. The number of hydrogen-bond acceptors (Lipinski definition) is 6. The Labute approximate surface area is 198 Å². The molecule has 0 saturated carbocycles. The van der Waals surface area contributed by atoms with Crippen molar-refractivity contribution in [2.75, 3.05) is 16.8 Å². The molecule has 0 atom stereocenters. The number of carbonyl (C=O) groups excluding carboxylic acids is 1. The standard InChI is InChI=1S/C24H22F3N5OS/c25-24(26,27)22(33)31-20-7-4-17-8-11-32(15-18(17)13-20)23-30-14-21(34-23)12-16-2-5-19(6-3-16)29-10-1-9-28/h1-7,9-10,13-14H,8,11-12,15,28H2,(H,31,33). The third kappa shape index (κ3) is 5.82. The van der Waals surface area contributed by atoms with Crippen molar-refractivity contribution in [3.8, 4) is 0 Å². The Balaban J connectivity index is 1.41. The van der Waals surface area contributed by atoms with E-state index in [9.17, 15) is 18.0 Å². The molecule has 0 aliphatic carbocycles. The van der Waals surface area contributed by atoms with Gasteiger partial charge in [-0.05, 0) is 59.7 Å². The summed E-state index contributed by atoms with van der Waals surface area (Å²) in [6.07, 6.45) is 3.13. The summed E-state index contributed by atoms with van der Waals surface area (Å²) in [5, 5.41) is 2.78. The first-order valence-corrected chi connectivity index (χ1v) is 11.3. The summed E-state index contributed by atoms with van der Waals surface area (Å²) in [7, 11) is 0. The molecule has 176 valence electrons. The van der Waals surface area contributed by atoms with E-state index in [2.05, 4.69) is 14.9 Å². The van der Waals surface area contributed by atoms with E-state index in [4.69, 9.17) is 5.73 Å². The molecule has 34 heavy (non-hydrogen) atoms. The lowest BCUT2D eigenvalue weighted by Gasteiger charge is -2.29. The van der Waals surface area contributed by atoms with Crippen LogP contribution in [-0.2, 0) is 24.2 Å². The van der Waals surface area contributed by atoms with Gasteiger partial charge in [0.25, 0.3) is 0 Å². The molecule has 1 amide bonds. The van der Waals surface area contributed by atoms with E-state index >= 15 is 0 Å². The van der Waals surface area contributed by atoms with Crippen molar-refractivity contribution in [2.24, 2.45) is 10.7 Å². The normalized spacial score (nSPS) is 14.0. The zero-order chi connectivity index (χ0) is 24.1. The van der Waals surface area contributed by atoms with Gasteiger partial charge < -0.3 is 16.0 Å². The number of benzene rings is 2. The lowest BCUT2D eigenvalue weighted by Crippen LogP contribution is -2.31. The second-order valence-electron chi connectivity index (χ2n) is 7.72. The number of hydrogen-bond donors (Lipinski definition) is 2. The number of anilines is 2. The van der Waals surface area contributed by atoms with Crippen molar-refractivity contribution in [3.63, 3.8) is 0 Å². The summed E-state index contributed by atoms with van der Waals surface area (Å²) >= 11 is 1.59. The summed E-state index contributed by atoms with van der Waals surface area (Å²) in [6, 6.07) is 12.8. The van der Waals surface area contributed by atoms with Gasteiger partial charge in [-0.2, -0.15) is 13.2 Å². The highest BCUT2D eigenvalue weighted by molar-refractivity contribution is 7.15. The molecule has 0 radical (unpaired) electrons. The van der Waals surface area contributed by atoms with Gasteiger partial charge in [-0.3, -0.25) is 9.79 Å². The molecule has 2 aromatic carbocycles. The molecule has 1 aliphatic heterocycles. The highest BCUT2D eigenvalue weighted by Gasteiger charge is 2.38. The summed E-state index contributed by atoms with van der Waals surface area (Å²) in [5.74, 6) is -1.98. The molecule has 3 aromatic rings. The summed E-state index contributed by atoms with van der Waals surface area (Å²) in [5.41, 5.74) is 9.33. The van der Waals surface area contributed by atoms with Crippen molar-refractivity contribution < 1.29 is 18.0 Å². The van der Waals surface area contributed by atoms with Crippen LogP contribution in [0.25, 0.3) is 0 Å². The topological polar surface area (TPSA) is 83.6 Å². The monoisotopic (exact) mass is 485 g/mol. The number of amides is 1. The largest absolute Gasteiger partial charge is 0.471 e. The first kappa shape index (κ1) is 23.5. The number of aliphatic imine (C=N–C) groups is 1. The van der Waals surface area contributed by atoms with Crippen molar-refractivity contribution in [3.05, 3.63) is 82.5 Å². The third-order valence-electron chi connectivity index (χ3n) is 5.28. The van der Waals surface area contributed by atoms with Crippen LogP contribution in [0.5, 0.6) is 0 Å². The van der Waals surface area contributed by atoms with Crippen LogP contribution < -0.4 is 16.0 Å². The zero-order valence-corrected chi connectivity index (χ0v) is 18.9. The van der Waals surface area contributed by atoms with Gasteiger partial charge in [-0.1, -0.05) is 18.2 Å². The van der Waals surface area contributed by atoms with Gasteiger partial charge in [0, 0.05) is 42.5 Å². The van der Waals surface area contributed by atoms with Gasteiger partial charge in [-0.25, -0.2) is 4.98 Å². The minimum atomic E-state index is -4.92. The molecule has 3 N–H and O–H groups in total. The van der Waals surface area contributed by atoms with Crippen molar-refractivity contribution >= 4 is 40.0 Å². The molecule has 4 rings (SSSR count). The maximum Gasteiger partial charge on any atom is 0.471 e. The maximum absolute atomic E-state index is 12.6. The number of aromatic nitrogens is 1. The van der Waals surface area contributed by atoms with Crippen LogP contribution in [0.3, 0.4) is 0 Å². The van der Waals surface area contributed by atoms with Crippen molar-refractivity contribution in [2.45, 2.75) is 25.6 Å². The zero-order valence-electron chi connectivity index (χ0n) is 18.0. The molecule has 0 saturated heterocycles. The first-order valence-electron chi connectivity index (χ1n) is 10.5. The number of nitrogens with zero attached hydrogens (tertiary/aromatic N) is 3. The molecular weight excluding hydrogens is 463 g/mol. The van der Waals surface area contributed by atoms with Crippen LogP contribution in [0, 0.1) is 0 Å². The van der Waals surface area contributed by atoms with E-state index in [1.807, 2.05) is 35.8 Å². The number of alkyl halides is 3. The van der Waals surface area contributed by atoms with Crippen LogP contribution in [0.15, 0.2) is 65.9 Å². The lowest BCUT2D eigenvalue weighted by molar-refractivity contribution is -0.167. The van der Waals surface area contributed by atoms with E-state index < -0.39 is 12.1 Å². The Hall–Kier alpha value is -3.66. The van der Waals surface area contributed by atoms with Gasteiger partial charge in [-0.15, -0.1) is 11.3 Å². The molecule has 0 bridgehead atoms. The minimum absolute atomic E-state index is 0.134. The molecule has 6 nitrogen and oxygen atoms in total. The molecule has 1 aromatic heterocycles. The molecule has 0 unspecified atom stereocenters. The molecule has 10 heteroatoms. The van der Waals surface area contributed by atoms with Crippen LogP contribution in [-0.4, -0.2) is 29.8 Å². The van der Waals surface area contributed by atoms with E-state index in [0.717, 1.165) is 51.8 Å². The second kappa shape index (κ2) is 10.1. The highest BCUT2D eigenvalue weighted by Crippen LogP contribution is 2.31. The minimum Gasteiger partial charge on any atom is -0.405 e. The van der Waals surface area contributed by atoms with Crippen molar-refractivity contribution in [1.82, 2.24) is 4.98 Å². The predicted octanol–water partition coefficient (Wildman–Crippen LogP) is 4.97. The number of rotatable bonds is 6. The summed E-state index contributed by atoms with van der Waals surface area (Å²) in [6.45, 7) is 1.28. The van der Waals surface area contributed by atoms with E-state index in [1.54, 1.807) is 35.8 Å². The Morgan fingerprint density at radius 2 is 2.00 bits per heavy atom. The second-order valence-corrected chi connectivity index (χ2v) is 8.82. The number of nitrogens with one attached hydrogen (secondary N) is 1. The van der Waals surface area contributed by atoms with Gasteiger partial charge in [0.05, 0.1) is 5.69 Å². The lowest BCUT2D eigenvalue weighted by atomic mass is 9.99. The molecular formula is C24H22F3N5OS. The maximum atomic E-state index is 12.6. The Morgan fingerprint density at radius 1 is 1.21 bits per heavy atom. The average Bonchev–Trinajstić information content (AvgIpc) is 3.28. The first-order chi connectivity index (χ1) is 16.3. The van der Waals surface area contributed by atoms with Gasteiger partial charge in [0.1, 0.15) is 0 Å². The summed E-state index contributed by atoms with van der Waals surface area (Å²) < 4.78 is 37.7. The van der Waals surface area contributed by atoms with Crippen molar-refractivity contribution in [1.29, 1.82) is 0 Å². The van der Waals surface area contributed by atoms with Gasteiger partial charge in [0.2, 0.25) is 0 Å². The number of halogens is 3. The number of carbonyl (C=O) groups is 1. The van der Waals surface area contributed by atoms with E-state index in [1.165, 1.54) is 12.3 Å². The van der Waals surface area contributed by atoms with Crippen LogP contribution in [0.2, 0.25) is 0 Å². The van der Waals surface area contributed by atoms with Crippen LogP contribution in [0.1, 0.15) is 21.6 Å². The fraction of sp³-hybridized carbons (Fsp3) is 0.208. The smallest absolute Gasteiger partial charge is 0.405 e. The molecule has 0 fully saturated rings. The Bertz CT molecular complexity index is 1220. The molecule has 1 aliphatic rings. The van der Waals surface area contributed by atoms with Gasteiger partial charge >= 0.3 is 12.1 Å². The van der Waals surface area contributed by atoms with E-state index in [0.29, 0.717) is 6.54 Å². The Morgan fingerprint density at radius 3 is 2.74 bits per heavy atom. The van der Waals surface area contributed by atoms with Gasteiger partial charge in [0.15, 0.2) is 5.13 Å². The van der Waals surface area contributed by atoms with Crippen LogP contribution >= 0.6 is 11.3 Å².